The predicted octanol–water partition coefficient (Wildman–Crippen LogP) is 2.74. The van der Waals surface area contributed by atoms with Gasteiger partial charge in [0.25, 0.3) is 0 Å². The molecule has 2 heterocycles. The van der Waals surface area contributed by atoms with Crippen LogP contribution in [0.2, 0.25) is 0 Å². The van der Waals surface area contributed by atoms with Crippen molar-refractivity contribution >= 4 is 17.5 Å². The van der Waals surface area contributed by atoms with Crippen molar-refractivity contribution in [2.75, 3.05) is 11.1 Å². The molecule has 1 aromatic heterocycles. The van der Waals surface area contributed by atoms with E-state index in [4.69, 9.17) is 11.0 Å². The Morgan fingerprint density at radius 1 is 1.19 bits per heavy atom. The summed E-state index contributed by atoms with van der Waals surface area (Å²) >= 11 is 0. The second-order valence-electron chi connectivity index (χ2n) is 6.08. The summed E-state index contributed by atoms with van der Waals surface area (Å²) < 4.78 is 14.7. The van der Waals surface area contributed by atoms with Gasteiger partial charge in [0, 0.05) is 5.56 Å². The average Bonchev–Trinajstić information content (AvgIpc) is 2.97. The fraction of sp³-hybridized carbons (Fsp3) is 0.105. The number of aromatic nitrogens is 2. The molecule has 0 saturated carbocycles. The van der Waals surface area contributed by atoms with Crippen LogP contribution in [0.5, 0.6) is 0 Å². The highest BCUT2D eigenvalue weighted by Crippen LogP contribution is 2.35. The van der Waals surface area contributed by atoms with Crippen molar-refractivity contribution in [3.8, 4) is 11.8 Å². The number of benzene rings is 2. The van der Waals surface area contributed by atoms with Crippen molar-refractivity contribution in [1.82, 2.24) is 9.78 Å². The highest BCUT2D eigenvalue weighted by atomic mass is 19.1. The average molecular weight is 347 g/mol. The van der Waals surface area contributed by atoms with Crippen LogP contribution < -0.4 is 11.1 Å². The quantitative estimate of drug-likeness (QED) is 0.745. The smallest absolute Gasteiger partial charge is 0.233 e. The summed E-state index contributed by atoms with van der Waals surface area (Å²) in [5, 5.41) is 16.1. The third-order valence-corrected chi connectivity index (χ3v) is 4.50. The van der Waals surface area contributed by atoms with Crippen molar-refractivity contribution < 1.29 is 9.18 Å². The van der Waals surface area contributed by atoms with Crippen LogP contribution in [0.15, 0.2) is 48.5 Å². The van der Waals surface area contributed by atoms with E-state index in [0.717, 1.165) is 11.1 Å². The number of anilines is 2. The van der Waals surface area contributed by atoms with Crippen LogP contribution in [0.3, 0.4) is 0 Å². The number of nitrogens with zero attached hydrogens (tertiary/aromatic N) is 3. The van der Waals surface area contributed by atoms with Crippen molar-refractivity contribution in [1.29, 1.82) is 5.26 Å². The SMILES string of the molecule is N#Cc1ccc(-n2nc3c(c2N)CC(c2ccc(F)cc2)C(=O)N3)cc1. The standard InChI is InChI=1S/C19H14FN5O/c20-13-5-3-12(4-6-13)15-9-16-17(22)25(24-18(16)23-19(15)26)14-7-1-11(10-21)2-8-14/h1-8,15H,9,22H2,(H,23,24,26). The maximum absolute atomic E-state index is 13.1. The lowest BCUT2D eigenvalue weighted by molar-refractivity contribution is -0.117. The number of nitrogens with two attached hydrogens (primary N) is 1. The van der Waals surface area contributed by atoms with Crippen molar-refractivity contribution in [3.63, 3.8) is 0 Å². The number of nitrogens with one attached hydrogen (secondary N) is 1. The summed E-state index contributed by atoms with van der Waals surface area (Å²) in [6.07, 6.45) is 0.384. The van der Waals surface area contributed by atoms with Gasteiger partial charge in [-0.1, -0.05) is 12.1 Å². The number of nitrogen functional groups attached to an aromatic ring is 1. The molecule has 0 saturated heterocycles. The first-order valence-electron chi connectivity index (χ1n) is 8.01. The molecule has 1 aliphatic rings. The van der Waals surface area contributed by atoms with Gasteiger partial charge < -0.3 is 11.1 Å². The second kappa shape index (κ2) is 6.01. The van der Waals surface area contributed by atoms with Gasteiger partial charge in [0.1, 0.15) is 11.6 Å². The lowest BCUT2D eigenvalue weighted by Gasteiger charge is -2.21. The Labute approximate surface area is 148 Å². The van der Waals surface area contributed by atoms with Gasteiger partial charge in [-0.2, -0.15) is 5.26 Å². The topological polar surface area (TPSA) is 96.7 Å². The zero-order valence-corrected chi connectivity index (χ0v) is 13.6. The Morgan fingerprint density at radius 2 is 1.88 bits per heavy atom. The van der Waals surface area contributed by atoms with Crippen molar-refractivity contribution in [2.45, 2.75) is 12.3 Å². The van der Waals surface area contributed by atoms with Gasteiger partial charge in [-0.15, -0.1) is 5.10 Å². The van der Waals surface area contributed by atoms with Gasteiger partial charge in [0.2, 0.25) is 5.91 Å². The number of rotatable bonds is 2. The van der Waals surface area contributed by atoms with Crippen LogP contribution in [0, 0.1) is 17.1 Å². The van der Waals surface area contributed by atoms with Crippen LogP contribution in [-0.4, -0.2) is 15.7 Å². The molecule has 128 valence electrons. The summed E-state index contributed by atoms with van der Waals surface area (Å²) in [6.45, 7) is 0. The number of hydrogen-bond acceptors (Lipinski definition) is 4. The molecule has 1 unspecified atom stereocenters. The van der Waals surface area contributed by atoms with E-state index < -0.39 is 5.92 Å². The molecule has 1 amide bonds. The fourth-order valence-electron chi connectivity index (χ4n) is 3.10. The van der Waals surface area contributed by atoms with Crippen LogP contribution in [0.1, 0.15) is 22.6 Å². The molecular formula is C19H14FN5O. The molecule has 0 bridgehead atoms. The molecular weight excluding hydrogens is 333 g/mol. The first-order chi connectivity index (χ1) is 12.6. The van der Waals surface area contributed by atoms with E-state index in [1.54, 1.807) is 41.1 Å². The summed E-state index contributed by atoms with van der Waals surface area (Å²) in [5.41, 5.74) is 8.96. The highest BCUT2D eigenvalue weighted by molar-refractivity contribution is 5.99. The van der Waals surface area contributed by atoms with E-state index in [1.165, 1.54) is 12.1 Å². The molecule has 6 nitrogen and oxygen atoms in total. The first kappa shape index (κ1) is 15.8. The molecule has 0 aliphatic carbocycles. The molecule has 2 aromatic carbocycles. The number of halogens is 1. The summed E-state index contributed by atoms with van der Waals surface area (Å²) in [4.78, 5) is 12.5. The molecule has 0 radical (unpaired) electrons. The number of amides is 1. The number of nitriles is 1. The monoisotopic (exact) mass is 347 g/mol. The molecule has 0 fully saturated rings. The summed E-state index contributed by atoms with van der Waals surface area (Å²) in [7, 11) is 0. The van der Waals surface area contributed by atoms with Gasteiger partial charge in [-0.05, 0) is 48.4 Å². The van der Waals surface area contributed by atoms with E-state index in [9.17, 15) is 9.18 Å². The van der Waals surface area contributed by atoms with Crippen molar-refractivity contribution in [3.05, 3.63) is 71.0 Å². The van der Waals surface area contributed by atoms with Crippen molar-refractivity contribution in [2.24, 2.45) is 0 Å². The van der Waals surface area contributed by atoms with Gasteiger partial charge in [-0.3, -0.25) is 4.79 Å². The van der Waals surface area contributed by atoms with E-state index in [1.807, 2.05) is 0 Å². The van der Waals surface area contributed by atoms with E-state index in [0.29, 0.717) is 29.3 Å². The Bertz CT molecular complexity index is 1030. The fourth-order valence-corrected chi connectivity index (χ4v) is 3.10. The Hall–Kier alpha value is -3.66. The molecule has 1 aliphatic heterocycles. The molecule has 3 N–H and O–H groups in total. The molecule has 0 spiro atoms. The maximum Gasteiger partial charge on any atom is 0.233 e. The largest absolute Gasteiger partial charge is 0.383 e. The lowest BCUT2D eigenvalue weighted by Crippen LogP contribution is -2.28. The van der Waals surface area contributed by atoms with Crippen LogP contribution in [0.25, 0.3) is 5.69 Å². The van der Waals surface area contributed by atoms with Crippen LogP contribution in [0.4, 0.5) is 16.0 Å². The Balaban J connectivity index is 1.71. The summed E-state index contributed by atoms with van der Waals surface area (Å²) in [5.74, 6) is -0.150. The Kier molecular flexibility index (Phi) is 3.66. The molecule has 26 heavy (non-hydrogen) atoms. The number of fused-ring (bicyclic) bond motifs is 1. The van der Waals surface area contributed by atoms with Gasteiger partial charge >= 0.3 is 0 Å². The third kappa shape index (κ3) is 2.58. The molecule has 4 rings (SSSR count). The molecule has 3 aromatic rings. The third-order valence-electron chi connectivity index (χ3n) is 4.50. The van der Waals surface area contributed by atoms with Gasteiger partial charge in [0.05, 0.1) is 23.2 Å². The van der Waals surface area contributed by atoms with E-state index >= 15 is 0 Å². The minimum absolute atomic E-state index is 0.200. The minimum Gasteiger partial charge on any atom is -0.383 e. The molecule has 7 heteroatoms. The van der Waals surface area contributed by atoms with Gasteiger partial charge in [0.15, 0.2) is 5.82 Å². The second-order valence-corrected chi connectivity index (χ2v) is 6.08. The first-order valence-corrected chi connectivity index (χ1v) is 8.01. The Morgan fingerprint density at radius 3 is 2.54 bits per heavy atom. The molecule has 1 atom stereocenters. The van der Waals surface area contributed by atoms with Crippen LogP contribution >= 0.6 is 0 Å². The lowest BCUT2D eigenvalue weighted by atomic mass is 9.89. The van der Waals surface area contributed by atoms with E-state index in [-0.39, 0.29) is 11.7 Å². The zero-order valence-electron chi connectivity index (χ0n) is 13.6. The number of hydrogen-bond donors (Lipinski definition) is 2. The summed E-state index contributed by atoms with van der Waals surface area (Å²) in [6, 6.07) is 14.8. The maximum atomic E-state index is 13.1. The number of carbonyl (C=O) groups excluding carboxylic acids is 1. The minimum atomic E-state index is -0.455. The van der Waals surface area contributed by atoms with Crippen LogP contribution in [-0.2, 0) is 11.2 Å². The van der Waals surface area contributed by atoms with Gasteiger partial charge in [-0.25, -0.2) is 9.07 Å². The van der Waals surface area contributed by atoms with E-state index in [2.05, 4.69) is 16.5 Å². The predicted molar refractivity (Wildman–Crippen MR) is 94.2 cm³/mol. The zero-order chi connectivity index (χ0) is 18.3. The number of carbonyl (C=O) groups is 1. The normalized spacial score (nSPS) is 15.8. The highest BCUT2D eigenvalue weighted by Gasteiger charge is 2.32.